The largest absolute Gasteiger partial charge is 0.497 e. The first kappa shape index (κ1) is 18.1. The summed E-state index contributed by atoms with van der Waals surface area (Å²) in [5, 5.41) is 10.9. The molecule has 1 N–H and O–H groups in total. The standard InChI is InChI=1S/C19H18N4O4/c1-13(24)17-9-8-16(27-17)12-23-20-11-18(22-23)21-19(25)10-5-14-3-6-15(26-2)7-4-14/h3-11H,12H2,1-2H3,(H,21,22,25)/b10-5+. The Bertz CT molecular complexity index is 970. The Morgan fingerprint density at radius 3 is 2.67 bits per heavy atom. The van der Waals surface area contributed by atoms with Crippen molar-refractivity contribution in [3.8, 4) is 5.75 Å². The average molecular weight is 366 g/mol. The zero-order valence-corrected chi connectivity index (χ0v) is 14.9. The summed E-state index contributed by atoms with van der Waals surface area (Å²) in [6.45, 7) is 1.69. The lowest BCUT2D eigenvalue weighted by Gasteiger charge is -1.99. The van der Waals surface area contributed by atoms with Crippen LogP contribution < -0.4 is 10.1 Å². The first-order chi connectivity index (χ1) is 13.0. The first-order valence-corrected chi connectivity index (χ1v) is 8.16. The molecule has 0 fully saturated rings. The Morgan fingerprint density at radius 1 is 1.22 bits per heavy atom. The van der Waals surface area contributed by atoms with E-state index < -0.39 is 0 Å². The van der Waals surface area contributed by atoms with E-state index in [4.69, 9.17) is 9.15 Å². The van der Waals surface area contributed by atoms with Crippen molar-refractivity contribution >= 4 is 23.6 Å². The maximum Gasteiger partial charge on any atom is 0.249 e. The average Bonchev–Trinajstić information content (AvgIpc) is 3.30. The molecule has 0 radical (unpaired) electrons. The highest BCUT2D eigenvalue weighted by atomic mass is 16.5. The van der Waals surface area contributed by atoms with Crippen LogP contribution in [0.2, 0.25) is 0 Å². The molecular formula is C19H18N4O4. The number of amides is 1. The topological polar surface area (TPSA) is 99.2 Å². The number of hydrogen-bond acceptors (Lipinski definition) is 6. The van der Waals surface area contributed by atoms with Crippen molar-refractivity contribution in [1.29, 1.82) is 0 Å². The lowest BCUT2D eigenvalue weighted by atomic mass is 10.2. The van der Waals surface area contributed by atoms with Crippen molar-refractivity contribution in [2.45, 2.75) is 13.5 Å². The smallest absolute Gasteiger partial charge is 0.249 e. The molecule has 0 atom stereocenters. The number of carbonyl (C=O) groups excluding carboxylic acids is 2. The maximum absolute atomic E-state index is 12.0. The highest BCUT2D eigenvalue weighted by molar-refractivity contribution is 6.01. The molecule has 27 heavy (non-hydrogen) atoms. The van der Waals surface area contributed by atoms with E-state index in [0.29, 0.717) is 11.6 Å². The molecule has 0 aliphatic carbocycles. The summed E-state index contributed by atoms with van der Waals surface area (Å²) in [5.41, 5.74) is 0.869. The number of carbonyl (C=O) groups is 2. The summed E-state index contributed by atoms with van der Waals surface area (Å²) in [6.07, 6.45) is 4.53. The molecule has 2 aromatic heterocycles. The third-order valence-corrected chi connectivity index (χ3v) is 3.64. The van der Waals surface area contributed by atoms with Gasteiger partial charge in [0.25, 0.3) is 0 Å². The number of benzene rings is 1. The molecule has 0 saturated carbocycles. The highest BCUT2D eigenvalue weighted by Crippen LogP contribution is 2.13. The normalized spacial score (nSPS) is 10.9. The van der Waals surface area contributed by atoms with E-state index in [1.54, 1.807) is 25.3 Å². The Labute approximate surface area is 155 Å². The van der Waals surface area contributed by atoms with Crippen molar-refractivity contribution in [1.82, 2.24) is 15.0 Å². The van der Waals surface area contributed by atoms with Crippen molar-refractivity contribution < 1.29 is 18.7 Å². The molecule has 0 saturated heterocycles. The number of aromatic nitrogens is 3. The van der Waals surface area contributed by atoms with Crippen molar-refractivity contribution in [2.75, 3.05) is 12.4 Å². The number of hydrogen-bond donors (Lipinski definition) is 1. The number of methoxy groups -OCH3 is 1. The molecule has 0 bridgehead atoms. The van der Waals surface area contributed by atoms with Gasteiger partial charge < -0.3 is 14.5 Å². The van der Waals surface area contributed by atoms with Gasteiger partial charge in [-0.25, -0.2) is 0 Å². The summed E-state index contributed by atoms with van der Waals surface area (Å²) in [5.74, 6) is 1.43. The zero-order valence-electron chi connectivity index (χ0n) is 14.9. The minimum atomic E-state index is -0.324. The van der Waals surface area contributed by atoms with Gasteiger partial charge in [0.1, 0.15) is 18.1 Å². The van der Waals surface area contributed by atoms with E-state index in [1.165, 1.54) is 24.0 Å². The summed E-state index contributed by atoms with van der Waals surface area (Å²) in [6, 6.07) is 10.6. The van der Waals surface area contributed by atoms with Crippen LogP contribution in [0.4, 0.5) is 5.82 Å². The monoisotopic (exact) mass is 366 g/mol. The van der Waals surface area contributed by atoms with Gasteiger partial charge >= 0.3 is 0 Å². The highest BCUT2D eigenvalue weighted by Gasteiger charge is 2.09. The van der Waals surface area contributed by atoms with Gasteiger partial charge in [0.2, 0.25) is 5.91 Å². The van der Waals surface area contributed by atoms with Gasteiger partial charge in [0, 0.05) is 13.0 Å². The van der Waals surface area contributed by atoms with Gasteiger partial charge in [-0.3, -0.25) is 9.59 Å². The maximum atomic E-state index is 12.0. The van der Waals surface area contributed by atoms with Crippen LogP contribution in [0.1, 0.15) is 28.8 Å². The minimum absolute atomic E-state index is 0.147. The molecule has 8 heteroatoms. The molecule has 3 rings (SSSR count). The summed E-state index contributed by atoms with van der Waals surface area (Å²) >= 11 is 0. The Balaban J connectivity index is 1.56. The van der Waals surface area contributed by atoms with Crippen molar-refractivity contribution in [3.63, 3.8) is 0 Å². The van der Waals surface area contributed by atoms with Crippen LogP contribution >= 0.6 is 0 Å². The molecule has 0 unspecified atom stereocenters. The molecule has 1 amide bonds. The molecule has 8 nitrogen and oxygen atoms in total. The van der Waals surface area contributed by atoms with Gasteiger partial charge in [-0.2, -0.15) is 9.90 Å². The van der Waals surface area contributed by atoms with Crippen molar-refractivity contribution in [2.24, 2.45) is 0 Å². The second-order valence-corrected chi connectivity index (χ2v) is 5.68. The fourth-order valence-electron chi connectivity index (χ4n) is 2.28. The Kier molecular flexibility index (Phi) is 5.46. The fourth-order valence-corrected chi connectivity index (χ4v) is 2.28. The Hall–Kier alpha value is -3.68. The number of rotatable bonds is 7. The number of nitrogens with one attached hydrogen (secondary N) is 1. The van der Waals surface area contributed by atoms with Gasteiger partial charge in [-0.15, -0.1) is 5.10 Å². The van der Waals surface area contributed by atoms with Crippen LogP contribution in [-0.4, -0.2) is 33.8 Å². The lowest BCUT2D eigenvalue weighted by molar-refractivity contribution is -0.111. The molecule has 0 aliphatic heterocycles. The van der Waals surface area contributed by atoms with E-state index >= 15 is 0 Å². The molecule has 0 spiro atoms. The lowest BCUT2D eigenvalue weighted by Crippen LogP contribution is -2.09. The first-order valence-electron chi connectivity index (χ1n) is 8.16. The van der Waals surface area contributed by atoms with Gasteiger partial charge in [-0.1, -0.05) is 12.1 Å². The SMILES string of the molecule is COc1ccc(/C=C/C(=O)Nc2cnn(Cc3ccc(C(C)=O)o3)n2)cc1. The van der Waals surface area contributed by atoms with Crippen molar-refractivity contribution in [3.05, 3.63) is 65.8 Å². The molecule has 3 aromatic rings. The van der Waals surface area contributed by atoms with Crippen LogP contribution in [0.25, 0.3) is 6.08 Å². The van der Waals surface area contributed by atoms with Crippen LogP contribution in [0, 0.1) is 0 Å². The number of ketones is 1. The third kappa shape index (κ3) is 4.91. The molecular weight excluding hydrogens is 348 g/mol. The molecule has 1 aromatic carbocycles. The second-order valence-electron chi connectivity index (χ2n) is 5.68. The quantitative estimate of drug-likeness (QED) is 0.510. The predicted octanol–water partition coefficient (Wildman–Crippen LogP) is 2.78. The number of anilines is 1. The van der Waals surface area contributed by atoms with Gasteiger partial charge in [0.15, 0.2) is 17.4 Å². The van der Waals surface area contributed by atoms with E-state index in [0.717, 1.165) is 11.3 Å². The van der Waals surface area contributed by atoms with E-state index in [1.807, 2.05) is 24.3 Å². The van der Waals surface area contributed by atoms with Gasteiger partial charge in [0.05, 0.1) is 13.3 Å². The third-order valence-electron chi connectivity index (χ3n) is 3.64. The molecule has 138 valence electrons. The van der Waals surface area contributed by atoms with Crippen LogP contribution in [0.3, 0.4) is 0 Å². The summed E-state index contributed by atoms with van der Waals surface area (Å²) < 4.78 is 10.5. The number of Topliss-reactive ketones (excluding diaryl/α,β-unsaturated/α-hetero) is 1. The Morgan fingerprint density at radius 2 is 2.00 bits per heavy atom. The second kappa shape index (κ2) is 8.13. The van der Waals surface area contributed by atoms with Crippen LogP contribution in [0.5, 0.6) is 5.75 Å². The summed E-state index contributed by atoms with van der Waals surface area (Å²) in [7, 11) is 1.60. The molecule has 0 aliphatic rings. The fraction of sp³-hybridized carbons (Fsp3) is 0.158. The number of ether oxygens (including phenoxy) is 1. The number of furan rings is 1. The summed E-state index contributed by atoms with van der Waals surface area (Å²) in [4.78, 5) is 24.6. The van der Waals surface area contributed by atoms with Crippen LogP contribution in [-0.2, 0) is 11.3 Å². The van der Waals surface area contributed by atoms with E-state index in [2.05, 4.69) is 15.5 Å². The minimum Gasteiger partial charge on any atom is -0.497 e. The molecule has 2 heterocycles. The zero-order chi connectivity index (χ0) is 19.2. The van der Waals surface area contributed by atoms with Gasteiger partial charge in [-0.05, 0) is 35.9 Å². The van der Waals surface area contributed by atoms with Crippen LogP contribution in [0.15, 0.2) is 53.1 Å². The van der Waals surface area contributed by atoms with E-state index in [-0.39, 0.29) is 24.0 Å². The number of nitrogens with zero attached hydrogens (tertiary/aromatic N) is 3. The van der Waals surface area contributed by atoms with E-state index in [9.17, 15) is 9.59 Å². The predicted molar refractivity (Wildman–Crippen MR) is 98.5 cm³/mol.